The number of benzene rings is 1. The van der Waals surface area contributed by atoms with Crippen molar-refractivity contribution in [3.63, 3.8) is 0 Å². The number of nitriles is 1. The van der Waals surface area contributed by atoms with Crippen molar-refractivity contribution < 1.29 is 9.53 Å². The fraction of sp³-hybridized carbons (Fsp3) is 0.409. The lowest BCUT2D eigenvalue weighted by Gasteiger charge is -2.35. The summed E-state index contributed by atoms with van der Waals surface area (Å²) in [6.07, 6.45) is 1.49. The summed E-state index contributed by atoms with van der Waals surface area (Å²) in [6, 6.07) is 9.86. The summed E-state index contributed by atoms with van der Waals surface area (Å²) in [6.45, 7) is 8.39. The van der Waals surface area contributed by atoms with E-state index in [0.717, 1.165) is 12.0 Å². The van der Waals surface area contributed by atoms with E-state index in [1.165, 1.54) is 17.3 Å². The number of ether oxygens (including phenoxy) is 1. The molecular weight excluding hydrogens is 384 g/mol. The predicted octanol–water partition coefficient (Wildman–Crippen LogP) is 4.54. The Kier molecular flexibility index (Phi) is 6.33. The molecule has 152 valence electrons. The molecule has 29 heavy (non-hydrogen) atoms. The van der Waals surface area contributed by atoms with E-state index in [9.17, 15) is 10.1 Å². The molecule has 0 aromatic heterocycles. The van der Waals surface area contributed by atoms with Crippen molar-refractivity contribution in [2.45, 2.75) is 52.5 Å². The van der Waals surface area contributed by atoms with Crippen LogP contribution in [0, 0.1) is 11.3 Å². The number of rotatable bonds is 6. The Morgan fingerprint density at radius 1 is 1.34 bits per heavy atom. The SMILES string of the molecule is CCCC1=C(C(=O)OCC)[C@H](c2ccc(C(C)C)cc2)N2C(=N1)SC(C#N)=C2N. The second kappa shape index (κ2) is 8.75. The molecule has 0 unspecified atom stereocenters. The molecule has 1 aromatic carbocycles. The highest BCUT2D eigenvalue weighted by Crippen LogP contribution is 2.46. The Labute approximate surface area is 176 Å². The number of thioether (sulfide) groups is 1. The molecule has 6 nitrogen and oxygen atoms in total. The molecule has 1 aromatic rings. The van der Waals surface area contributed by atoms with Crippen LogP contribution in [0.4, 0.5) is 0 Å². The fourth-order valence-corrected chi connectivity index (χ4v) is 4.41. The van der Waals surface area contributed by atoms with Gasteiger partial charge in [0.15, 0.2) is 5.17 Å². The lowest BCUT2D eigenvalue weighted by atomic mass is 9.91. The van der Waals surface area contributed by atoms with E-state index in [4.69, 9.17) is 15.5 Å². The second-order valence-corrected chi connectivity index (χ2v) is 8.22. The van der Waals surface area contributed by atoms with Gasteiger partial charge in [-0.15, -0.1) is 0 Å². The van der Waals surface area contributed by atoms with Crippen LogP contribution in [-0.2, 0) is 9.53 Å². The van der Waals surface area contributed by atoms with Gasteiger partial charge < -0.3 is 10.5 Å². The summed E-state index contributed by atoms with van der Waals surface area (Å²) in [5, 5.41) is 10.1. The third kappa shape index (κ3) is 3.90. The average Bonchev–Trinajstić information content (AvgIpc) is 3.03. The first kappa shape index (κ1) is 21.0. The Balaban J connectivity index is 2.19. The van der Waals surface area contributed by atoms with Gasteiger partial charge in [-0.2, -0.15) is 5.26 Å². The minimum absolute atomic E-state index is 0.279. The highest BCUT2D eigenvalue weighted by Gasteiger charge is 2.43. The van der Waals surface area contributed by atoms with Crippen LogP contribution in [0.5, 0.6) is 0 Å². The first-order valence-corrected chi connectivity index (χ1v) is 10.7. The standard InChI is InChI=1S/C22H26N4O2S/c1-5-7-16-18(21(27)28-6-2)19(15-10-8-14(9-11-15)13(3)4)26-20(24)17(12-23)29-22(26)25-16/h8-11,13,19H,5-7,24H2,1-4H3/t19-/m0/s1. The molecular formula is C22H26N4O2S. The molecule has 7 heteroatoms. The number of nitrogens with two attached hydrogens (primary N) is 1. The quantitative estimate of drug-likeness (QED) is 0.692. The number of carbonyl (C=O) groups is 1. The number of aliphatic imine (C=N–C) groups is 1. The lowest BCUT2D eigenvalue weighted by molar-refractivity contribution is -0.139. The Hall–Kier alpha value is -2.72. The molecule has 0 saturated carbocycles. The van der Waals surface area contributed by atoms with Crippen molar-refractivity contribution in [3.8, 4) is 6.07 Å². The molecule has 0 saturated heterocycles. The van der Waals surface area contributed by atoms with Crippen LogP contribution in [0.3, 0.4) is 0 Å². The van der Waals surface area contributed by atoms with E-state index < -0.39 is 6.04 Å². The smallest absolute Gasteiger partial charge is 0.338 e. The Bertz CT molecular complexity index is 939. The molecule has 0 bridgehead atoms. The van der Waals surface area contributed by atoms with Crippen LogP contribution in [0.25, 0.3) is 0 Å². The number of amidine groups is 1. The molecule has 1 atom stereocenters. The molecule has 2 N–H and O–H groups in total. The van der Waals surface area contributed by atoms with Gasteiger partial charge in [-0.1, -0.05) is 51.5 Å². The molecule has 0 fully saturated rings. The van der Waals surface area contributed by atoms with Crippen molar-refractivity contribution in [2.24, 2.45) is 10.7 Å². The van der Waals surface area contributed by atoms with E-state index in [0.29, 0.717) is 39.5 Å². The molecule has 2 aliphatic heterocycles. The molecule has 0 spiro atoms. The summed E-state index contributed by atoms with van der Waals surface area (Å²) in [7, 11) is 0. The third-order valence-corrected chi connectivity index (χ3v) is 5.94. The summed E-state index contributed by atoms with van der Waals surface area (Å²) >= 11 is 1.25. The number of esters is 1. The minimum atomic E-state index is -0.470. The third-order valence-electron chi connectivity index (χ3n) is 4.97. The Morgan fingerprint density at radius 2 is 2.03 bits per heavy atom. The average molecular weight is 411 g/mol. The number of hydrogen-bond donors (Lipinski definition) is 1. The first-order valence-electron chi connectivity index (χ1n) is 9.88. The molecule has 2 aliphatic rings. The summed E-state index contributed by atoms with van der Waals surface area (Å²) < 4.78 is 5.39. The highest BCUT2D eigenvalue weighted by molar-refractivity contribution is 8.17. The maximum Gasteiger partial charge on any atom is 0.338 e. The van der Waals surface area contributed by atoms with Crippen molar-refractivity contribution in [1.29, 1.82) is 5.26 Å². The van der Waals surface area contributed by atoms with Gasteiger partial charge in [0.1, 0.15) is 16.8 Å². The monoisotopic (exact) mass is 410 g/mol. The van der Waals surface area contributed by atoms with Gasteiger partial charge in [0.25, 0.3) is 0 Å². The topological polar surface area (TPSA) is 91.7 Å². The van der Waals surface area contributed by atoms with Crippen LogP contribution >= 0.6 is 11.8 Å². The zero-order valence-electron chi connectivity index (χ0n) is 17.2. The van der Waals surface area contributed by atoms with Crippen LogP contribution in [0.15, 0.2) is 51.3 Å². The highest BCUT2D eigenvalue weighted by atomic mass is 32.2. The predicted molar refractivity (Wildman–Crippen MR) is 116 cm³/mol. The number of allylic oxidation sites excluding steroid dienone is 2. The molecule has 0 radical (unpaired) electrons. The van der Waals surface area contributed by atoms with E-state index in [-0.39, 0.29) is 12.6 Å². The molecule has 3 rings (SSSR count). The summed E-state index contributed by atoms with van der Waals surface area (Å²) in [4.78, 5) is 19.9. The zero-order chi connectivity index (χ0) is 21.1. The van der Waals surface area contributed by atoms with Gasteiger partial charge in [-0.05, 0) is 42.2 Å². The zero-order valence-corrected chi connectivity index (χ0v) is 18.0. The molecule has 0 amide bonds. The van der Waals surface area contributed by atoms with Gasteiger partial charge in [0.2, 0.25) is 0 Å². The number of carbonyl (C=O) groups excluding carboxylic acids is 1. The van der Waals surface area contributed by atoms with Crippen LogP contribution in [-0.4, -0.2) is 22.6 Å². The van der Waals surface area contributed by atoms with Crippen LogP contribution in [0.2, 0.25) is 0 Å². The number of hydrogen-bond acceptors (Lipinski definition) is 7. The van der Waals surface area contributed by atoms with Crippen molar-refractivity contribution in [2.75, 3.05) is 6.61 Å². The molecule has 2 heterocycles. The number of nitrogens with zero attached hydrogens (tertiary/aromatic N) is 3. The van der Waals surface area contributed by atoms with Gasteiger partial charge in [-0.25, -0.2) is 9.79 Å². The number of fused-ring (bicyclic) bond motifs is 1. The maximum absolute atomic E-state index is 13.0. The lowest BCUT2D eigenvalue weighted by Crippen LogP contribution is -2.39. The van der Waals surface area contributed by atoms with E-state index in [1.54, 1.807) is 11.8 Å². The van der Waals surface area contributed by atoms with E-state index in [2.05, 4.69) is 32.0 Å². The Morgan fingerprint density at radius 3 is 2.59 bits per heavy atom. The first-order chi connectivity index (χ1) is 13.9. The normalized spacial score (nSPS) is 18.7. The van der Waals surface area contributed by atoms with Gasteiger partial charge >= 0.3 is 5.97 Å². The fourth-order valence-electron chi connectivity index (χ4n) is 3.52. The van der Waals surface area contributed by atoms with Gasteiger partial charge in [0.05, 0.1) is 23.9 Å². The second-order valence-electron chi connectivity index (χ2n) is 7.25. The van der Waals surface area contributed by atoms with Crippen LogP contribution in [0.1, 0.15) is 63.6 Å². The van der Waals surface area contributed by atoms with Gasteiger partial charge in [0, 0.05) is 0 Å². The van der Waals surface area contributed by atoms with Crippen molar-refractivity contribution in [3.05, 3.63) is 57.4 Å². The van der Waals surface area contributed by atoms with Crippen molar-refractivity contribution >= 4 is 22.9 Å². The minimum Gasteiger partial charge on any atom is -0.463 e. The van der Waals surface area contributed by atoms with Crippen molar-refractivity contribution in [1.82, 2.24) is 4.90 Å². The summed E-state index contributed by atoms with van der Waals surface area (Å²) in [5.74, 6) is 0.340. The maximum atomic E-state index is 13.0. The molecule has 0 aliphatic carbocycles. The summed E-state index contributed by atoms with van der Waals surface area (Å²) in [5.41, 5.74) is 9.65. The van der Waals surface area contributed by atoms with E-state index in [1.807, 2.05) is 19.1 Å². The van der Waals surface area contributed by atoms with Crippen LogP contribution < -0.4 is 5.73 Å². The largest absolute Gasteiger partial charge is 0.463 e. The van der Waals surface area contributed by atoms with E-state index >= 15 is 0 Å². The van der Waals surface area contributed by atoms with Gasteiger partial charge in [-0.3, -0.25) is 4.90 Å².